The predicted molar refractivity (Wildman–Crippen MR) is 85.7 cm³/mol. The molecule has 1 aromatic heterocycles. The summed E-state index contributed by atoms with van der Waals surface area (Å²) in [6.07, 6.45) is 1.70. The average Bonchev–Trinajstić information content (AvgIpc) is 2.36. The molecule has 0 aliphatic heterocycles. The summed E-state index contributed by atoms with van der Waals surface area (Å²) in [7, 11) is 0. The number of aromatic nitrogens is 1. The van der Waals surface area contributed by atoms with Crippen molar-refractivity contribution in [1.82, 2.24) is 4.98 Å². The van der Waals surface area contributed by atoms with E-state index in [0.717, 1.165) is 10.9 Å². The zero-order chi connectivity index (χ0) is 14.8. The van der Waals surface area contributed by atoms with E-state index in [9.17, 15) is 0 Å². The first-order chi connectivity index (χ1) is 9.37. The smallest absolute Gasteiger partial charge is 0.198 e. The highest BCUT2D eigenvalue weighted by molar-refractivity contribution is 7.80. The topological polar surface area (TPSA) is 31.4 Å². The summed E-state index contributed by atoms with van der Waals surface area (Å²) < 4.78 is 11.2. The zero-order valence-corrected chi connectivity index (χ0v) is 13.2. The molecule has 1 heterocycles. The maximum atomic E-state index is 6.13. The van der Waals surface area contributed by atoms with Crippen molar-refractivity contribution in [2.24, 2.45) is 0 Å². The van der Waals surface area contributed by atoms with Crippen LogP contribution < -0.4 is 4.74 Å². The second-order valence-corrected chi connectivity index (χ2v) is 6.18. The Morgan fingerprint density at radius 1 is 1.30 bits per heavy atom. The van der Waals surface area contributed by atoms with Crippen LogP contribution in [-0.4, -0.2) is 22.2 Å². The quantitative estimate of drug-likeness (QED) is 0.786. The van der Waals surface area contributed by atoms with Crippen molar-refractivity contribution in [3.05, 3.63) is 35.5 Å². The van der Waals surface area contributed by atoms with Gasteiger partial charge < -0.3 is 9.47 Å². The summed E-state index contributed by atoms with van der Waals surface area (Å²) in [5.41, 5.74) is 0.402. The molecule has 0 atom stereocenters. The molecule has 0 amide bonds. The molecule has 0 radical (unpaired) electrons. The third kappa shape index (κ3) is 3.81. The largest absolute Gasteiger partial charge is 0.482 e. The lowest BCUT2D eigenvalue weighted by atomic mass is 10.2. The lowest BCUT2D eigenvalue weighted by Gasteiger charge is -2.21. The van der Waals surface area contributed by atoms with Gasteiger partial charge in [-0.15, -0.1) is 0 Å². The standard InChI is InChI=1S/C15H16ClNO2S/c1-15(2,3)19-13(20)9-18-12-7-6-11(16)10-5-4-8-17-14(10)12/h4-8H,9H2,1-3H3. The Morgan fingerprint density at radius 2 is 2.05 bits per heavy atom. The van der Waals surface area contributed by atoms with E-state index < -0.39 is 0 Å². The van der Waals surface area contributed by atoms with E-state index >= 15 is 0 Å². The van der Waals surface area contributed by atoms with Gasteiger partial charge in [0.15, 0.2) is 11.7 Å². The normalized spacial score (nSPS) is 11.4. The summed E-state index contributed by atoms with van der Waals surface area (Å²) >= 11 is 11.3. The second-order valence-electron chi connectivity index (χ2n) is 5.32. The third-order valence-corrected chi connectivity index (χ3v) is 2.98. The van der Waals surface area contributed by atoms with Crippen LogP contribution >= 0.6 is 23.8 Å². The molecule has 20 heavy (non-hydrogen) atoms. The van der Waals surface area contributed by atoms with Crippen molar-refractivity contribution in [2.75, 3.05) is 6.61 Å². The second kappa shape index (κ2) is 5.94. The van der Waals surface area contributed by atoms with Gasteiger partial charge in [0, 0.05) is 11.6 Å². The van der Waals surface area contributed by atoms with Crippen molar-refractivity contribution in [1.29, 1.82) is 0 Å². The van der Waals surface area contributed by atoms with E-state index in [0.29, 0.717) is 15.8 Å². The van der Waals surface area contributed by atoms with Crippen molar-refractivity contribution in [2.45, 2.75) is 26.4 Å². The zero-order valence-electron chi connectivity index (χ0n) is 11.6. The Bertz CT molecular complexity index is 637. The van der Waals surface area contributed by atoms with Crippen LogP contribution in [0.1, 0.15) is 20.8 Å². The molecule has 0 bridgehead atoms. The molecule has 0 spiro atoms. The number of hydrogen-bond donors (Lipinski definition) is 0. The Labute approximate surface area is 128 Å². The summed E-state index contributed by atoms with van der Waals surface area (Å²) in [5.74, 6) is 0.643. The van der Waals surface area contributed by atoms with Crippen LogP contribution in [-0.2, 0) is 4.74 Å². The molecule has 0 N–H and O–H groups in total. The van der Waals surface area contributed by atoms with E-state index in [1.807, 2.05) is 32.9 Å². The molecule has 0 saturated heterocycles. The van der Waals surface area contributed by atoms with Crippen LogP contribution in [0, 0.1) is 0 Å². The molecule has 0 unspecified atom stereocenters. The molecule has 3 nitrogen and oxygen atoms in total. The first-order valence-electron chi connectivity index (χ1n) is 6.25. The Balaban J connectivity index is 2.15. The predicted octanol–water partition coefficient (Wildman–Crippen LogP) is 4.41. The summed E-state index contributed by atoms with van der Waals surface area (Å²) in [4.78, 5) is 4.30. The number of hydrogen-bond acceptors (Lipinski definition) is 4. The number of halogens is 1. The molecule has 0 aliphatic rings. The number of thiocarbonyl (C=S) groups is 1. The van der Waals surface area contributed by atoms with E-state index in [1.54, 1.807) is 18.3 Å². The van der Waals surface area contributed by atoms with Crippen LogP contribution in [0.3, 0.4) is 0 Å². The third-order valence-electron chi connectivity index (χ3n) is 2.44. The summed E-state index contributed by atoms with van der Waals surface area (Å²) in [6, 6.07) is 7.32. The Kier molecular flexibility index (Phi) is 4.45. The number of ether oxygens (including phenoxy) is 2. The van der Waals surface area contributed by atoms with Gasteiger partial charge in [0.2, 0.25) is 0 Å². The van der Waals surface area contributed by atoms with Gasteiger partial charge in [0.25, 0.3) is 0 Å². The minimum atomic E-state index is -0.319. The molecule has 0 aliphatic carbocycles. The molecule has 0 saturated carbocycles. The molecular formula is C15H16ClNO2S. The highest BCUT2D eigenvalue weighted by Gasteiger charge is 2.14. The summed E-state index contributed by atoms with van der Waals surface area (Å²) in [5, 5.41) is 1.92. The monoisotopic (exact) mass is 309 g/mol. The lowest BCUT2D eigenvalue weighted by molar-refractivity contribution is 0.111. The number of rotatable bonds is 3. The van der Waals surface area contributed by atoms with Crippen molar-refractivity contribution >= 4 is 39.8 Å². The van der Waals surface area contributed by atoms with Gasteiger partial charge in [0.05, 0.1) is 5.02 Å². The molecule has 1 aromatic carbocycles. The van der Waals surface area contributed by atoms with Gasteiger partial charge in [-0.25, -0.2) is 0 Å². The van der Waals surface area contributed by atoms with Crippen LogP contribution in [0.15, 0.2) is 30.5 Å². The average molecular weight is 310 g/mol. The number of benzene rings is 1. The van der Waals surface area contributed by atoms with Gasteiger partial charge in [0.1, 0.15) is 16.9 Å². The fourth-order valence-corrected chi connectivity index (χ4v) is 2.26. The Hall–Kier alpha value is -1.39. The fraction of sp³-hybridized carbons (Fsp3) is 0.333. The van der Waals surface area contributed by atoms with Gasteiger partial charge >= 0.3 is 0 Å². The van der Waals surface area contributed by atoms with Crippen molar-refractivity contribution < 1.29 is 9.47 Å². The molecular weight excluding hydrogens is 294 g/mol. The minimum Gasteiger partial charge on any atom is -0.482 e. The SMILES string of the molecule is CC(C)(C)OC(=S)COc1ccc(Cl)c2cccnc12. The lowest BCUT2D eigenvalue weighted by Crippen LogP contribution is -2.26. The van der Waals surface area contributed by atoms with Crippen LogP contribution in [0.5, 0.6) is 5.75 Å². The van der Waals surface area contributed by atoms with Crippen molar-refractivity contribution in [3.8, 4) is 5.75 Å². The van der Waals surface area contributed by atoms with Crippen molar-refractivity contribution in [3.63, 3.8) is 0 Å². The Morgan fingerprint density at radius 3 is 2.75 bits per heavy atom. The van der Waals surface area contributed by atoms with Gasteiger partial charge in [-0.2, -0.15) is 0 Å². The molecule has 106 valence electrons. The summed E-state index contributed by atoms with van der Waals surface area (Å²) in [6.45, 7) is 6.04. The van der Waals surface area contributed by atoms with Crippen LogP contribution in [0.4, 0.5) is 0 Å². The molecule has 5 heteroatoms. The van der Waals surface area contributed by atoms with Gasteiger partial charge in [-0.3, -0.25) is 4.98 Å². The molecule has 0 fully saturated rings. The fourth-order valence-electron chi connectivity index (χ4n) is 1.74. The number of nitrogens with zero attached hydrogens (tertiary/aromatic N) is 1. The maximum Gasteiger partial charge on any atom is 0.198 e. The van der Waals surface area contributed by atoms with E-state index in [4.69, 9.17) is 33.3 Å². The first-order valence-corrected chi connectivity index (χ1v) is 7.03. The maximum absolute atomic E-state index is 6.13. The highest BCUT2D eigenvalue weighted by atomic mass is 35.5. The number of pyridine rings is 1. The van der Waals surface area contributed by atoms with Gasteiger partial charge in [-0.05, 0) is 57.3 Å². The van der Waals surface area contributed by atoms with E-state index in [-0.39, 0.29) is 12.2 Å². The molecule has 2 aromatic rings. The first kappa shape index (κ1) is 15.0. The minimum absolute atomic E-state index is 0.208. The van der Waals surface area contributed by atoms with Gasteiger partial charge in [-0.1, -0.05) is 11.6 Å². The van der Waals surface area contributed by atoms with E-state index in [1.165, 1.54) is 0 Å². The molecule has 2 rings (SSSR count). The van der Waals surface area contributed by atoms with E-state index in [2.05, 4.69) is 4.98 Å². The van der Waals surface area contributed by atoms with Crippen LogP contribution in [0.2, 0.25) is 5.02 Å². The number of fused-ring (bicyclic) bond motifs is 1. The van der Waals surface area contributed by atoms with Crippen LogP contribution in [0.25, 0.3) is 10.9 Å². The highest BCUT2D eigenvalue weighted by Crippen LogP contribution is 2.29.